The molecule has 2 unspecified atom stereocenters. The predicted octanol–water partition coefficient (Wildman–Crippen LogP) is 3.61. The Bertz CT molecular complexity index is 731. The van der Waals surface area contributed by atoms with Gasteiger partial charge in [0.05, 0.1) is 0 Å². The maximum atomic E-state index is 15.6. The van der Waals surface area contributed by atoms with Crippen molar-refractivity contribution in [1.82, 2.24) is 5.32 Å². The fraction of sp³-hybridized carbons (Fsp3) is 0.368. The van der Waals surface area contributed by atoms with Gasteiger partial charge in [0.2, 0.25) is 0 Å². The summed E-state index contributed by atoms with van der Waals surface area (Å²) >= 11 is 0. The monoisotopic (exact) mass is 315 g/mol. The smallest absolute Gasteiger partial charge is 0.168 e. The molecule has 122 valence electrons. The summed E-state index contributed by atoms with van der Waals surface area (Å²) in [5.74, 6) is 0.777. The van der Waals surface area contributed by atoms with Crippen LogP contribution in [0.4, 0.5) is 4.39 Å². The number of benzene rings is 2. The third-order valence-corrected chi connectivity index (χ3v) is 4.41. The molecule has 2 aromatic carbocycles. The number of aromatic hydroxyl groups is 1. The van der Waals surface area contributed by atoms with Gasteiger partial charge in [-0.3, -0.25) is 0 Å². The largest absolute Gasteiger partial charge is 0.508 e. The van der Waals surface area contributed by atoms with Crippen LogP contribution in [0.25, 0.3) is 0 Å². The molecule has 1 aliphatic rings. The highest BCUT2D eigenvalue weighted by Gasteiger charge is 2.48. The molecule has 0 heterocycles. The fourth-order valence-electron chi connectivity index (χ4n) is 3.32. The second-order valence-electron chi connectivity index (χ2n) is 6.39. The van der Waals surface area contributed by atoms with Gasteiger partial charge in [-0.2, -0.15) is 0 Å². The number of alkyl halides is 1. The van der Waals surface area contributed by atoms with Crippen LogP contribution in [0.15, 0.2) is 36.4 Å². The lowest BCUT2D eigenvalue weighted by atomic mass is 9.99. The molecule has 0 amide bonds. The highest BCUT2D eigenvalue weighted by atomic mass is 19.1. The number of halogens is 1. The van der Waals surface area contributed by atoms with Crippen LogP contribution in [0.5, 0.6) is 11.5 Å². The van der Waals surface area contributed by atoms with Crippen LogP contribution in [-0.2, 0) is 6.42 Å². The second-order valence-corrected chi connectivity index (χ2v) is 6.39. The Morgan fingerprint density at radius 2 is 2.04 bits per heavy atom. The van der Waals surface area contributed by atoms with Crippen molar-refractivity contribution in [2.75, 3.05) is 13.6 Å². The number of phenols is 1. The predicted molar refractivity (Wildman–Crippen MR) is 88.9 cm³/mol. The highest BCUT2D eigenvalue weighted by Crippen LogP contribution is 2.45. The number of rotatable bonds is 4. The number of nitrogens with one attached hydrogen (secondary N) is 1. The first kappa shape index (κ1) is 15.8. The Morgan fingerprint density at radius 1 is 1.26 bits per heavy atom. The number of ether oxygens (including phenoxy) is 1. The van der Waals surface area contributed by atoms with Gasteiger partial charge in [0, 0.05) is 13.0 Å². The quantitative estimate of drug-likeness (QED) is 0.905. The minimum atomic E-state index is -1.49. The number of hydrogen-bond acceptors (Lipinski definition) is 3. The first-order valence-electron chi connectivity index (χ1n) is 7.82. The molecule has 3 nitrogen and oxygen atoms in total. The first-order valence-corrected chi connectivity index (χ1v) is 7.82. The topological polar surface area (TPSA) is 41.5 Å². The van der Waals surface area contributed by atoms with E-state index < -0.39 is 11.8 Å². The Kier molecular flexibility index (Phi) is 4.02. The van der Waals surface area contributed by atoms with Crippen LogP contribution in [0.2, 0.25) is 0 Å². The van der Waals surface area contributed by atoms with E-state index in [1.165, 1.54) is 0 Å². The molecule has 0 spiro atoms. The zero-order chi connectivity index (χ0) is 16.6. The Balaban J connectivity index is 2.01. The van der Waals surface area contributed by atoms with Crippen LogP contribution < -0.4 is 10.1 Å². The van der Waals surface area contributed by atoms with Gasteiger partial charge >= 0.3 is 0 Å². The van der Waals surface area contributed by atoms with Crippen molar-refractivity contribution in [3.63, 3.8) is 0 Å². The molecular formula is C19H22FNO2. The third-order valence-electron chi connectivity index (χ3n) is 4.41. The van der Waals surface area contributed by atoms with Gasteiger partial charge in [0.1, 0.15) is 11.5 Å². The number of fused-ring (bicyclic) bond motifs is 1. The van der Waals surface area contributed by atoms with Crippen molar-refractivity contribution >= 4 is 0 Å². The summed E-state index contributed by atoms with van der Waals surface area (Å²) in [6.07, 6.45) is -0.321. The summed E-state index contributed by atoms with van der Waals surface area (Å²) in [5, 5.41) is 12.5. The molecule has 3 rings (SSSR count). The van der Waals surface area contributed by atoms with E-state index in [1.54, 1.807) is 25.2 Å². The molecule has 2 aromatic rings. The molecule has 0 aliphatic heterocycles. The van der Waals surface area contributed by atoms with E-state index >= 15 is 4.39 Å². The second kappa shape index (κ2) is 5.85. The maximum absolute atomic E-state index is 15.6. The minimum Gasteiger partial charge on any atom is -0.508 e. The lowest BCUT2D eigenvalue weighted by Crippen LogP contribution is -2.41. The van der Waals surface area contributed by atoms with Crippen molar-refractivity contribution in [1.29, 1.82) is 0 Å². The Labute approximate surface area is 136 Å². The third kappa shape index (κ3) is 2.91. The van der Waals surface area contributed by atoms with Gasteiger partial charge < -0.3 is 15.2 Å². The molecule has 23 heavy (non-hydrogen) atoms. The lowest BCUT2D eigenvalue weighted by Gasteiger charge is -2.29. The Morgan fingerprint density at radius 3 is 2.74 bits per heavy atom. The number of hydrogen-bond donors (Lipinski definition) is 2. The van der Waals surface area contributed by atoms with Crippen LogP contribution >= 0.6 is 0 Å². The van der Waals surface area contributed by atoms with Crippen molar-refractivity contribution in [3.05, 3.63) is 58.7 Å². The van der Waals surface area contributed by atoms with E-state index in [-0.39, 0.29) is 12.3 Å². The fourth-order valence-corrected chi connectivity index (χ4v) is 3.32. The standard InChI is InChI=1S/C19H22FNO2/c1-12-4-5-14-10-19(20,11-21-3)18(16(14)8-12)23-17-7-6-15(22)9-13(17)2/h4-9,18,21-22H,10-11H2,1-3H3. The molecule has 0 saturated carbocycles. The van der Waals surface area contributed by atoms with Gasteiger partial charge in [0.15, 0.2) is 11.8 Å². The molecular weight excluding hydrogens is 293 g/mol. The van der Waals surface area contributed by atoms with Crippen LogP contribution in [0, 0.1) is 13.8 Å². The van der Waals surface area contributed by atoms with Crippen LogP contribution in [0.1, 0.15) is 28.4 Å². The molecule has 0 bridgehead atoms. The maximum Gasteiger partial charge on any atom is 0.168 e. The summed E-state index contributed by atoms with van der Waals surface area (Å²) in [4.78, 5) is 0. The average Bonchev–Trinajstić information content (AvgIpc) is 2.74. The van der Waals surface area contributed by atoms with Gasteiger partial charge in [-0.25, -0.2) is 4.39 Å². The molecule has 2 N–H and O–H groups in total. The molecule has 2 atom stereocenters. The molecule has 0 fully saturated rings. The number of phenolic OH excluding ortho intramolecular Hbond substituents is 1. The van der Waals surface area contributed by atoms with Gasteiger partial charge in [-0.05, 0) is 55.8 Å². The summed E-state index contributed by atoms with van der Waals surface area (Å²) in [5.41, 5.74) is 2.30. The minimum absolute atomic E-state index is 0.180. The van der Waals surface area contributed by atoms with Crippen molar-refractivity contribution < 1.29 is 14.2 Å². The summed E-state index contributed by atoms with van der Waals surface area (Å²) in [7, 11) is 1.75. The van der Waals surface area contributed by atoms with E-state index in [2.05, 4.69) is 5.32 Å². The lowest BCUT2D eigenvalue weighted by molar-refractivity contribution is 0.0227. The zero-order valence-corrected chi connectivity index (χ0v) is 13.7. The van der Waals surface area contributed by atoms with E-state index in [1.807, 2.05) is 32.0 Å². The van der Waals surface area contributed by atoms with E-state index in [4.69, 9.17) is 4.74 Å². The zero-order valence-electron chi connectivity index (χ0n) is 13.7. The first-order chi connectivity index (χ1) is 10.9. The van der Waals surface area contributed by atoms with E-state index in [0.717, 1.165) is 22.3 Å². The molecule has 0 saturated heterocycles. The number of aryl methyl sites for hydroxylation is 2. The molecule has 4 heteroatoms. The van der Waals surface area contributed by atoms with Crippen molar-refractivity contribution in [2.24, 2.45) is 0 Å². The van der Waals surface area contributed by atoms with E-state index in [0.29, 0.717) is 12.2 Å². The van der Waals surface area contributed by atoms with Crippen LogP contribution in [0.3, 0.4) is 0 Å². The van der Waals surface area contributed by atoms with Gasteiger partial charge in [-0.15, -0.1) is 0 Å². The summed E-state index contributed by atoms with van der Waals surface area (Å²) in [6.45, 7) is 4.07. The van der Waals surface area contributed by atoms with E-state index in [9.17, 15) is 5.11 Å². The SMILES string of the molecule is CNCC1(F)Cc2ccc(C)cc2C1Oc1ccc(O)cc1C. The van der Waals surface area contributed by atoms with Crippen molar-refractivity contribution in [2.45, 2.75) is 32.0 Å². The highest BCUT2D eigenvalue weighted by molar-refractivity contribution is 5.44. The average molecular weight is 315 g/mol. The Hall–Kier alpha value is -2.07. The molecule has 0 aromatic heterocycles. The van der Waals surface area contributed by atoms with Gasteiger partial charge in [0.25, 0.3) is 0 Å². The normalized spacial score (nSPS) is 22.9. The van der Waals surface area contributed by atoms with Crippen LogP contribution in [-0.4, -0.2) is 24.4 Å². The summed E-state index contributed by atoms with van der Waals surface area (Å²) < 4.78 is 21.6. The van der Waals surface area contributed by atoms with Gasteiger partial charge in [-0.1, -0.05) is 23.8 Å². The molecule has 0 radical (unpaired) electrons. The van der Waals surface area contributed by atoms with Crippen molar-refractivity contribution in [3.8, 4) is 11.5 Å². The summed E-state index contributed by atoms with van der Waals surface area (Å²) in [6, 6.07) is 10.9. The molecule has 1 aliphatic carbocycles.